The van der Waals surface area contributed by atoms with Crippen molar-refractivity contribution >= 4 is 11.8 Å². The molecule has 7 nitrogen and oxygen atoms in total. The molecule has 3 N–H and O–H groups in total. The average molecular weight is 420 g/mol. The maximum Gasteiger partial charge on any atom is 0.243 e. The molecule has 1 aliphatic rings. The van der Waals surface area contributed by atoms with E-state index >= 15 is 0 Å². The summed E-state index contributed by atoms with van der Waals surface area (Å²) in [6, 6.07) is 10.3. The van der Waals surface area contributed by atoms with Crippen molar-refractivity contribution in [2.75, 3.05) is 13.1 Å². The zero-order chi connectivity index (χ0) is 22.2. The molecule has 7 heteroatoms. The highest BCUT2D eigenvalue weighted by Gasteiger charge is 2.29. The van der Waals surface area contributed by atoms with Crippen LogP contribution in [0.4, 0.5) is 0 Å². The fourth-order valence-corrected chi connectivity index (χ4v) is 3.65. The van der Waals surface area contributed by atoms with Gasteiger partial charge in [0.15, 0.2) is 0 Å². The largest absolute Gasteiger partial charge is 0.342 e. The van der Waals surface area contributed by atoms with Gasteiger partial charge in [-0.15, -0.1) is 0 Å². The third-order valence-corrected chi connectivity index (χ3v) is 5.28. The zero-order valence-corrected chi connectivity index (χ0v) is 18.0. The molecule has 1 aromatic carbocycles. The summed E-state index contributed by atoms with van der Waals surface area (Å²) in [5, 5.41) is 17.7. The minimum absolute atomic E-state index is 0.107. The molecular weight excluding hydrogens is 390 g/mol. The van der Waals surface area contributed by atoms with Gasteiger partial charge in [0.1, 0.15) is 18.6 Å². The Bertz CT molecular complexity index is 930. The number of aromatic nitrogens is 1. The van der Waals surface area contributed by atoms with Gasteiger partial charge in [-0.3, -0.25) is 14.6 Å². The normalized spacial score (nSPS) is 14.9. The molecular formula is C24H29N5O2. The summed E-state index contributed by atoms with van der Waals surface area (Å²) >= 11 is 0. The quantitative estimate of drug-likeness (QED) is 0.511. The van der Waals surface area contributed by atoms with Gasteiger partial charge in [-0.25, -0.2) is 0 Å². The molecule has 0 spiro atoms. The molecule has 1 aromatic heterocycles. The van der Waals surface area contributed by atoms with Crippen LogP contribution in [-0.2, 0) is 16.0 Å². The second-order valence-electron chi connectivity index (χ2n) is 8.21. The number of carbonyl (C=O) groups excluding carboxylic acids is 2. The topological polar surface area (TPSA) is 107 Å². The van der Waals surface area contributed by atoms with Crippen molar-refractivity contribution in [3.8, 4) is 6.07 Å². The minimum Gasteiger partial charge on any atom is -0.342 e. The van der Waals surface area contributed by atoms with Gasteiger partial charge in [-0.05, 0) is 56.3 Å². The summed E-state index contributed by atoms with van der Waals surface area (Å²) in [7, 11) is 0. The Labute approximate surface area is 183 Å². The number of carbonyl (C=O) groups is 2. The van der Waals surface area contributed by atoms with E-state index in [0.29, 0.717) is 12.3 Å². The standard InChI is InChI=1S/C24H29N5O2/c1-16-10-17(2)12-19(11-16)13-21(23(30)27-9-7-25)29-24(31)22(28-14-18-5-6-18)20-4-3-8-26-15-20/h3-4,8,10-12,15,18,21-22,28H,5-6,9,13-14H2,1-2H3,(H,27,30)(H,29,31). The number of nitrogens with zero attached hydrogens (tertiary/aromatic N) is 2. The molecule has 3 rings (SSSR count). The third kappa shape index (κ3) is 6.90. The summed E-state index contributed by atoms with van der Waals surface area (Å²) < 4.78 is 0. The number of amides is 2. The molecule has 31 heavy (non-hydrogen) atoms. The highest BCUT2D eigenvalue weighted by molar-refractivity contribution is 5.90. The summed E-state index contributed by atoms with van der Waals surface area (Å²) in [6.07, 6.45) is 6.00. The maximum atomic E-state index is 13.2. The second-order valence-corrected chi connectivity index (χ2v) is 8.21. The Hall–Kier alpha value is -3.24. The summed E-state index contributed by atoms with van der Waals surface area (Å²) in [5.74, 6) is -0.0618. The molecule has 0 saturated heterocycles. The molecule has 2 unspecified atom stereocenters. The molecule has 1 fully saturated rings. The van der Waals surface area contributed by atoms with Crippen LogP contribution in [0.5, 0.6) is 0 Å². The molecule has 1 aliphatic carbocycles. The van der Waals surface area contributed by atoms with E-state index in [0.717, 1.165) is 28.8 Å². The van der Waals surface area contributed by atoms with Gasteiger partial charge in [-0.2, -0.15) is 5.26 Å². The van der Waals surface area contributed by atoms with Crippen LogP contribution in [0, 0.1) is 31.1 Å². The zero-order valence-electron chi connectivity index (χ0n) is 18.0. The van der Waals surface area contributed by atoms with Crippen LogP contribution in [0.1, 0.15) is 41.1 Å². The highest BCUT2D eigenvalue weighted by Crippen LogP contribution is 2.28. The number of hydrogen-bond donors (Lipinski definition) is 3. The highest BCUT2D eigenvalue weighted by atomic mass is 16.2. The Balaban J connectivity index is 1.78. The van der Waals surface area contributed by atoms with E-state index < -0.39 is 12.1 Å². The Morgan fingerprint density at radius 3 is 2.55 bits per heavy atom. The third-order valence-electron chi connectivity index (χ3n) is 5.28. The van der Waals surface area contributed by atoms with E-state index in [4.69, 9.17) is 5.26 Å². The van der Waals surface area contributed by atoms with Crippen molar-refractivity contribution in [1.82, 2.24) is 20.9 Å². The van der Waals surface area contributed by atoms with Gasteiger partial charge >= 0.3 is 0 Å². The lowest BCUT2D eigenvalue weighted by Gasteiger charge is -2.23. The lowest BCUT2D eigenvalue weighted by atomic mass is 10.00. The van der Waals surface area contributed by atoms with Crippen molar-refractivity contribution in [1.29, 1.82) is 5.26 Å². The number of hydrogen-bond acceptors (Lipinski definition) is 5. The summed E-state index contributed by atoms with van der Waals surface area (Å²) in [4.78, 5) is 30.1. The van der Waals surface area contributed by atoms with Gasteiger partial charge in [0.2, 0.25) is 11.8 Å². The molecule has 2 atom stereocenters. The Kier molecular flexibility index (Phi) is 7.74. The van der Waals surface area contributed by atoms with Crippen LogP contribution in [-0.4, -0.2) is 35.9 Å². The van der Waals surface area contributed by atoms with Gasteiger partial charge in [0.05, 0.1) is 6.07 Å². The maximum absolute atomic E-state index is 13.2. The molecule has 0 radical (unpaired) electrons. The molecule has 1 heterocycles. The molecule has 162 valence electrons. The number of aryl methyl sites for hydroxylation is 2. The van der Waals surface area contributed by atoms with Crippen LogP contribution >= 0.6 is 0 Å². The van der Waals surface area contributed by atoms with Gasteiger partial charge in [0.25, 0.3) is 0 Å². The number of nitrogens with one attached hydrogen (secondary N) is 3. The average Bonchev–Trinajstić information content (AvgIpc) is 3.56. The first-order chi connectivity index (χ1) is 15.0. The smallest absolute Gasteiger partial charge is 0.243 e. The van der Waals surface area contributed by atoms with Crippen molar-refractivity contribution in [2.24, 2.45) is 5.92 Å². The van der Waals surface area contributed by atoms with E-state index in [-0.39, 0.29) is 18.4 Å². The molecule has 2 aromatic rings. The first-order valence-electron chi connectivity index (χ1n) is 10.6. The van der Waals surface area contributed by atoms with Crippen LogP contribution in [0.3, 0.4) is 0 Å². The van der Waals surface area contributed by atoms with E-state index in [1.165, 1.54) is 12.8 Å². The fraction of sp³-hybridized carbons (Fsp3) is 0.417. The van der Waals surface area contributed by atoms with E-state index in [9.17, 15) is 9.59 Å². The Morgan fingerprint density at radius 1 is 1.19 bits per heavy atom. The van der Waals surface area contributed by atoms with Crippen molar-refractivity contribution in [2.45, 2.75) is 45.2 Å². The first kappa shape index (κ1) is 22.4. The predicted octanol–water partition coefficient (Wildman–Crippen LogP) is 2.11. The fourth-order valence-electron chi connectivity index (χ4n) is 3.65. The second kappa shape index (κ2) is 10.7. The first-order valence-corrected chi connectivity index (χ1v) is 10.6. The van der Waals surface area contributed by atoms with Crippen molar-refractivity contribution in [3.05, 3.63) is 65.0 Å². The van der Waals surface area contributed by atoms with E-state index in [1.54, 1.807) is 18.5 Å². The van der Waals surface area contributed by atoms with E-state index in [1.807, 2.05) is 38.1 Å². The lowest BCUT2D eigenvalue weighted by Crippen LogP contribution is -2.51. The minimum atomic E-state index is -0.788. The van der Waals surface area contributed by atoms with Gasteiger partial charge in [0, 0.05) is 18.8 Å². The molecule has 2 amide bonds. The van der Waals surface area contributed by atoms with Gasteiger partial charge < -0.3 is 16.0 Å². The van der Waals surface area contributed by atoms with Crippen LogP contribution in [0.2, 0.25) is 0 Å². The summed E-state index contributed by atoms with van der Waals surface area (Å²) in [5.41, 5.74) is 3.90. The molecule has 1 saturated carbocycles. The SMILES string of the molecule is Cc1cc(C)cc(CC(NC(=O)C(NCC2CC2)c2cccnc2)C(=O)NCC#N)c1. The summed E-state index contributed by atoms with van der Waals surface area (Å²) in [6.45, 7) is 4.64. The van der Waals surface area contributed by atoms with Crippen LogP contribution < -0.4 is 16.0 Å². The Morgan fingerprint density at radius 2 is 1.94 bits per heavy atom. The van der Waals surface area contributed by atoms with Crippen LogP contribution in [0.15, 0.2) is 42.7 Å². The molecule has 0 bridgehead atoms. The predicted molar refractivity (Wildman–Crippen MR) is 118 cm³/mol. The number of nitriles is 1. The van der Waals surface area contributed by atoms with Crippen molar-refractivity contribution in [3.63, 3.8) is 0 Å². The van der Waals surface area contributed by atoms with Crippen LogP contribution in [0.25, 0.3) is 0 Å². The number of rotatable bonds is 10. The molecule has 0 aliphatic heterocycles. The monoisotopic (exact) mass is 419 g/mol. The van der Waals surface area contributed by atoms with Gasteiger partial charge in [-0.1, -0.05) is 35.4 Å². The number of benzene rings is 1. The van der Waals surface area contributed by atoms with Crippen molar-refractivity contribution < 1.29 is 9.59 Å². The van der Waals surface area contributed by atoms with E-state index in [2.05, 4.69) is 27.0 Å². The number of pyridine rings is 1. The lowest BCUT2D eigenvalue weighted by molar-refractivity contribution is -0.130.